The Labute approximate surface area is 149 Å². The summed E-state index contributed by atoms with van der Waals surface area (Å²) in [5.41, 5.74) is -2.05. The number of fused-ring (bicyclic) bond motifs is 1. The molecular weight excluding hydrogens is 343 g/mol. The summed E-state index contributed by atoms with van der Waals surface area (Å²) < 4.78 is 14.3. The van der Waals surface area contributed by atoms with Crippen LogP contribution in [0.1, 0.15) is 41.0 Å². The number of benzene rings is 1. The molecule has 0 radical (unpaired) electrons. The molecule has 1 N–H and O–H groups in total. The van der Waals surface area contributed by atoms with Crippen molar-refractivity contribution in [2.75, 3.05) is 13.1 Å². The average Bonchev–Trinajstić information content (AvgIpc) is 3.11. The number of carbonyl (C=O) groups excluding carboxylic acids is 3. The molecule has 8 heteroatoms. The third-order valence-corrected chi connectivity index (χ3v) is 4.90. The molecule has 2 aliphatic rings. The van der Waals surface area contributed by atoms with Gasteiger partial charge in [-0.05, 0) is 18.1 Å². The van der Waals surface area contributed by atoms with Gasteiger partial charge >= 0.3 is 5.97 Å². The maximum Gasteiger partial charge on any atom is 0.343 e. The third-order valence-electron chi connectivity index (χ3n) is 4.90. The summed E-state index contributed by atoms with van der Waals surface area (Å²) in [6, 6.07) is 5.18. The lowest BCUT2D eigenvalue weighted by atomic mass is 10.0. The second-order valence-corrected chi connectivity index (χ2v) is 6.99. The van der Waals surface area contributed by atoms with E-state index in [-0.39, 0.29) is 24.1 Å². The normalized spacial score (nSPS) is 23.5. The summed E-state index contributed by atoms with van der Waals surface area (Å²) in [6.07, 6.45) is -0.318. The predicted molar refractivity (Wildman–Crippen MR) is 88.2 cm³/mol. The zero-order chi connectivity index (χ0) is 19.2. The fraction of sp³-hybridized carbons (Fsp3) is 0.444. The van der Waals surface area contributed by atoms with E-state index in [9.17, 15) is 23.6 Å². The van der Waals surface area contributed by atoms with Crippen LogP contribution in [0.25, 0.3) is 0 Å². The Morgan fingerprint density at radius 3 is 2.12 bits per heavy atom. The number of carbonyl (C=O) groups is 4. The van der Waals surface area contributed by atoms with Crippen LogP contribution in [0.5, 0.6) is 0 Å². The number of likely N-dealkylation sites (tertiary alicyclic amines) is 1. The van der Waals surface area contributed by atoms with Crippen LogP contribution in [-0.4, -0.2) is 63.4 Å². The molecule has 0 spiro atoms. The van der Waals surface area contributed by atoms with Crippen LogP contribution in [0.2, 0.25) is 0 Å². The van der Waals surface area contributed by atoms with Crippen LogP contribution in [-0.2, 0) is 9.59 Å². The lowest BCUT2D eigenvalue weighted by Crippen LogP contribution is -2.53. The number of alkyl halides is 1. The number of aliphatic carboxylic acids is 1. The summed E-state index contributed by atoms with van der Waals surface area (Å²) in [6.45, 7) is 2.70. The molecule has 1 saturated heterocycles. The van der Waals surface area contributed by atoms with E-state index in [4.69, 9.17) is 5.11 Å². The topological polar surface area (TPSA) is 95.0 Å². The maximum atomic E-state index is 14.3. The molecule has 7 nitrogen and oxygen atoms in total. The van der Waals surface area contributed by atoms with Crippen molar-refractivity contribution in [2.45, 2.75) is 32.0 Å². The third kappa shape index (κ3) is 2.65. The van der Waals surface area contributed by atoms with Gasteiger partial charge in [-0.2, -0.15) is 0 Å². The molecule has 2 heterocycles. The highest BCUT2D eigenvalue weighted by molar-refractivity contribution is 6.22. The van der Waals surface area contributed by atoms with Crippen LogP contribution in [0, 0.1) is 5.92 Å². The molecule has 3 rings (SSSR count). The smallest absolute Gasteiger partial charge is 0.343 e. The lowest BCUT2D eigenvalue weighted by Gasteiger charge is -2.32. The van der Waals surface area contributed by atoms with Crippen molar-refractivity contribution >= 4 is 23.7 Å². The number of carboxylic acids is 1. The number of nitrogens with zero attached hydrogens (tertiary/aromatic N) is 2. The number of rotatable bonds is 4. The van der Waals surface area contributed by atoms with Gasteiger partial charge in [-0.3, -0.25) is 19.3 Å². The molecular formula is C18H19FN2O5. The van der Waals surface area contributed by atoms with Gasteiger partial charge in [0.25, 0.3) is 11.8 Å². The van der Waals surface area contributed by atoms with E-state index in [2.05, 4.69) is 0 Å². The van der Waals surface area contributed by atoms with Gasteiger partial charge in [-0.1, -0.05) is 26.0 Å². The summed E-state index contributed by atoms with van der Waals surface area (Å²) in [4.78, 5) is 51.4. The summed E-state index contributed by atoms with van der Waals surface area (Å²) >= 11 is 0. The van der Waals surface area contributed by atoms with Crippen molar-refractivity contribution in [1.82, 2.24) is 9.80 Å². The fourth-order valence-corrected chi connectivity index (χ4v) is 3.48. The number of hydrogen-bond acceptors (Lipinski definition) is 4. The Hall–Kier alpha value is -2.77. The quantitative estimate of drug-likeness (QED) is 0.816. The molecule has 0 aliphatic carbocycles. The number of hydrogen-bond donors (Lipinski definition) is 1. The molecule has 26 heavy (non-hydrogen) atoms. The standard InChI is InChI=1S/C18H19FN2O5/c1-10(2)13(16(24)20-8-7-18(19,9-20)17(25)26)21-14(22)11-5-3-4-6-12(11)15(21)23/h3-6,10,13H,7-9H2,1-2H3,(H,25,26). The molecule has 0 aromatic heterocycles. The van der Waals surface area contributed by atoms with Gasteiger partial charge in [0.1, 0.15) is 6.04 Å². The molecule has 2 unspecified atom stereocenters. The minimum atomic E-state index is -2.50. The van der Waals surface area contributed by atoms with Crippen LogP contribution >= 0.6 is 0 Å². The Kier molecular flexibility index (Phi) is 4.29. The molecule has 2 atom stereocenters. The van der Waals surface area contributed by atoms with Crippen molar-refractivity contribution in [3.8, 4) is 0 Å². The number of halogens is 1. The van der Waals surface area contributed by atoms with Crippen molar-refractivity contribution in [3.05, 3.63) is 35.4 Å². The molecule has 1 fully saturated rings. The molecule has 1 aromatic carbocycles. The number of amides is 3. The van der Waals surface area contributed by atoms with Gasteiger partial charge in [-0.25, -0.2) is 9.18 Å². The second kappa shape index (κ2) is 6.19. The molecule has 138 valence electrons. The minimum absolute atomic E-state index is 0.0754. The van der Waals surface area contributed by atoms with Crippen LogP contribution in [0.4, 0.5) is 4.39 Å². The summed E-state index contributed by atoms with van der Waals surface area (Å²) in [7, 11) is 0. The summed E-state index contributed by atoms with van der Waals surface area (Å²) in [5, 5.41) is 9.00. The highest BCUT2D eigenvalue weighted by Gasteiger charge is 2.51. The van der Waals surface area contributed by atoms with E-state index in [1.807, 2.05) is 0 Å². The number of carboxylic acid groups (broad SMARTS) is 1. The molecule has 0 saturated carbocycles. The first-order valence-corrected chi connectivity index (χ1v) is 8.35. The SMILES string of the molecule is CC(C)C(C(=O)N1CCC(F)(C(=O)O)C1)N1C(=O)c2ccccc2C1=O. The Bertz CT molecular complexity index is 774. The van der Waals surface area contributed by atoms with E-state index in [1.54, 1.807) is 26.0 Å². The van der Waals surface area contributed by atoms with E-state index in [0.29, 0.717) is 0 Å². The van der Waals surface area contributed by atoms with Gasteiger partial charge < -0.3 is 10.0 Å². The average molecular weight is 362 g/mol. The second-order valence-electron chi connectivity index (χ2n) is 6.99. The monoisotopic (exact) mass is 362 g/mol. The molecule has 0 bridgehead atoms. The van der Waals surface area contributed by atoms with E-state index in [0.717, 1.165) is 9.80 Å². The first-order chi connectivity index (χ1) is 12.2. The molecule has 3 amide bonds. The van der Waals surface area contributed by atoms with Gasteiger partial charge in [0.05, 0.1) is 17.7 Å². The minimum Gasteiger partial charge on any atom is -0.479 e. The zero-order valence-electron chi connectivity index (χ0n) is 14.4. The van der Waals surface area contributed by atoms with Crippen molar-refractivity contribution in [3.63, 3.8) is 0 Å². The van der Waals surface area contributed by atoms with E-state index >= 15 is 0 Å². The van der Waals surface area contributed by atoms with Crippen molar-refractivity contribution in [1.29, 1.82) is 0 Å². The van der Waals surface area contributed by atoms with Gasteiger partial charge in [-0.15, -0.1) is 0 Å². The highest BCUT2D eigenvalue weighted by atomic mass is 19.1. The first-order valence-electron chi connectivity index (χ1n) is 8.35. The van der Waals surface area contributed by atoms with E-state index < -0.39 is 47.9 Å². The first kappa shape index (κ1) is 18.0. The Morgan fingerprint density at radius 1 is 1.15 bits per heavy atom. The maximum absolute atomic E-state index is 14.3. The van der Waals surface area contributed by atoms with Crippen LogP contribution < -0.4 is 0 Å². The number of imide groups is 1. The van der Waals surface area contributed by atoms with Crippen molar-refractivity contribution < 1.29 is 28.7 Å². The fourth-order valence-electron chi connectivity index (χ4n) is 3.48. The highest BCUT2D eigenvalue weighted by Crippen LogP contribution is 2.31. The predicted octanol–water partition coefficient (Wildman–Crippen LogP) is 1.33. The lowest BCUT2D eigenvalue weighted by molar-refractivity contribution is -0.150. The van der Waals surface area contributed by atoms with E-state index in [1.165, 1.54) is 12.1 Å². The van der Waals surface area contributed by atoms with Crippen LogP contribution in [0.15, 0.2) is 24.3 Å². The summed E-state index contributed by atoms with van der Waals surface area (Å²) in [5.74, 6) is -3.78. The van der Waals surface area contributed by atoms with Gasteiger partial charge in [0.2, 0.25) is 11.6 Å². The zero-order valence-corrected chi connectivity index (χ0v) is 14.4. The molecule has 1 aromatic rings. The largest absolute Gasteiger partial charge is 0.479 e. The Balaban J connectivity index is 1.90. The van der Waals surface area contributed by atoms with Crippen molar-refractivity contribution in [2.24, 2.45) is 5.92 Å². The van der Waals surface area contributed by atoms with Crippen LogP contribution in [0.3, 0.4) is 0 Å². The van der Waals surface area contributed by atoms with Gasteiger partial charge in [0, 0.05) is 13.0 Å². The van der Waals surface area contributed by atoms with Gasteiger partial charge in [0.15, 0.2) is 0 Å². The Morgan fingerprint density at radius 2 is 1.69 bits per heavy atom. The molecule has 2 aliphatic heterocycles.